The van der Waals surface area contributed by atoms with Gasteiger partial charge in [0, 0.05) is 40.9 Å². The van der Waals surface area contributed by atoms with Crippen molar-refractivity contribution in [2.24, 2.45) is 5.73 Å². The highest BCUT2D eigenvalue weighted by Gasteiger charge is 2.18. The van der Waals surface area contributed by atoms with Gasteiger partial charge in [-0.05, 0) is 35.9 Å². The van der Waals surface area contributed by atoms with Crippen LogP contribution in [0, 0.1) is 11.8 Å². The molecule has 2 aromatic carbocycles. The SMILES string of the molecule is Cl.NC(Cc1ccccn1)c1ccccc1-c1noc2cc(C#CCO)ccc12. The number of hydrogen-bond donors (Lipinski definition) is 2. The van der Waals surface area contributed by atoms with Crippen LogP contribution in [0.15, 0.2) is 71.4 Å². The molecular weight excluding hydrogens is 386 g/mol. The molecule has 2 heterocycles. The summed E-state index contributed by atoms with van der Waals surface area (Å²) in [6, 6.07) is 19.2. The highest BCUT2D eigenvalue weighted by atomic mass is 35.5. The molecule has 0 radical (unpaired) electrons. The molecule has 0 spiro atoms. The van der Waals surface area contributed by atoms with Gasteiger partial charge in [0.15, 0.2) is 5.58 Å². The molecule has 0 bridgehead atoms. The van der Waals surface area contributed by atoms with Gasteiger partial charge in [-0.2, -0.15) is 0 Å². The van der Waals surface area contributed by atoms with Crippen LogP contribution in [-0.2, 0) is 6.42 Å². The van der Waals surface area contributed by atoms with Crippen LogP contribution in [0.3, 0.4) is 0 Å². The second-order valence-corrected chi connectivity index (χ2v) is 6.42. The molecule has 3 N–H and O–H groups in total. The molecule has 1 unspecified atom stereocenters. The summed E-state index contributed by atoms with van der Waals surface area (Å²) >= 11 is 0. The molecule has 0 saturated carbocycles. The number of halogens is 1. The van der Waals surface area contributed by atoms with Crippen molar-refractivity contribution in [3.8, 4) is 23.1 Å². The minimum absolute atomic E-state index is 0. The molecule has 4 aromatic rings. The number of nitrogens with two attached hydrogens (primary N) is 1. The Morgan fingerprint density at radius 1 is 1.07 bits per heavy atom. The first-order valence-corrected chi connectivity index (χ1v) is 9.00. The fourth-order valence-corrected chi connectivity index (χ4v) is 3.24. The van der Waals surface area contributed by atoms with Gasteiger partial charge in [0.2, 0.25) is 0 Å². The molecule has 2 aromatic heterocycles. The molecule has 0 saturated heterocycles. The molecule has 1 atom stereocenters. The molecule has 29 heavy (non-hydrogen) atoms. The van der Waals surface area contributed by atoms with E-state index in [-0.39, 0.29) is 25.1 Å². The van der Waals surface area contributed by atoms with Crippen LogP contribution in [0.4, 0.5) is 0 Å². The van der Waals surface area contributed by atoms with Crippen molar-refractivity contribution in [1.29, 1.82) is 0 Å². The summed E-state index contributed by atoms with van der Waals surface area (Å²) in [5.41, 5.74) is 11.6. The zero-order valence-electron chi connectivity index (χ0n) is 15.6. The topological polar surface area (TPSA) is 85.2 Å². The van der Waals surface area contributed by atoms with E-state index in [1.165, 1.54) is 0 Å². The zero-order chi connectivity index (χ0) is 19.3. The van der Waals surface area contributed by atoms with E-state index in [0.29, 0.717) is 12.0 Å². The Labute approximate surface area is 175 Å². The minimum Gasteiger partial charge on any atom is -0.384 e. The molecule has 0 aliphatic heterocycles. The summed E-state index contributed by atoms with van der Waals surface area (Å²) in [6.07, 6.45) is 2.41. The molecule has 0 amide bonds. The number of aromatic nitrogens is 2. The summed E-state index contributed by atoms with van der Waals surface area (Å²) in [5.74, 6) is 5.51. The van der Waals surface area contributed by atoms with Gasteiger partial charge < -0.3 is 15.4 Å². The molecule has 0 fully saturated rings. The quantitative estimate of drug-likeness (QED) is 0.503. The van der Waals surface area contributed by atoms with E-state index in [1.54, 1.807) is 6.20 Å². The van der Waals surface area contributed by atoms with Gasteiger partial charge in [-0.3, -0.25) is 4.98 Å². The Morgan fingerprint density at radius 2 is 1.90 bits per heavy atom. The number of rotatable bonds is 4. The number of hydrogen-bond acceptors (Lipinski definition) is 5. The van der Waals surface area contributed by atoms with E-state index in [9.17, 15) is 0 Å². The normalized spacial score (nSPS) is 11.4. The van der Waals surface area contributed by atoms with Gasteiger partial charge in [0.1, 0.15) is 12.3 Å². The maximum absolute atomic E-state index is 8.86. The lowest BCUT2D eigenvalue weighted by molar-refractivity contribution is 0.350. The van der Waals surface area contributed by atoms with Crippen molar-refractivity contribution >= 4 is 23.4 Å². The second-order valence-electron chi connectivity index (χ2n) is 6.42. The van der Waals surface area contributed by atoms with E-state index in [1.807, 2.05) is 60.7 Å². The van der Waals surface area contributed by atoms with Crippen molar-refractivity contribution in [3.63, 3.8) is 0 Å². The Morgan fingerprint density at radius 3 is 2.69 bits per heavy atom. The third-order valence-corrected chi connectivity index (χ3v) is 4.55. The Hall–Kier alpha value is -3.17. The number of nitrogens with zero attached hydrogens (tertiary/aromatic N) is 2. The first kappa shape index (κ1) is 20.6. The molecule has 6 heteroatoms. The van der Waals surface area contributed by atoms with Gasteiger partial charge in [0.25, 0.3) is 0 Å². The lowest BCUT2D eigenvalue weighted by Gasteiger charge is -2.15. The van der Waals surface area contributed by atoms with Crippen LogP contribution in [0.1, 0.15) is 22.9 Å². The fourth-order valence-electron chi connectivity index (χ4n) is 3.24. The Bertz CT molecular complexity index is 1160. The number of fused-ring (bicyclic) bond motifs is 1. The average molecular weight is 406 g/mol. The van der Waals surface area contributed by atoms with Gasteiger partial charge in [-0.1, -0.05) is 47.3 Å². The van der Waals surface area contributed by atoms with Crippen LogP contribution in [0.2, 0.25) is 0 Å². The lowest BCUT2D eigenvalue weighted by atomic mass is 9.94. The van der Waals surface area contributed by atoms with Crippen LogP contribution in [0.5, 0.6) is 0 Å². The van der Waals surface area contributed by atoms with Crippen molar-refractivity contribution in [1.82, 2.24) is 10.1 Å². The molecule has 0 aliphatic rings. The Balaban J connectivity index is 0.00000240. The van der Waals surface area contributed by atoms with Crippen LogP contribution in [0.25, 0.3) is 22.2 Å². The van der Waals surface area contributed by atoms with E-state index in [4.69, 9.17) is 15.4 Å². The van der Waals surface area contributed by atoms with E-state index >= 15 is 0 Å². The number of pyridine rings is 1. The number of aliphatic hydroxyl groups excluding tert-OH is 1. The van der Waals surface area contributed by atoms with Crippen LogP contribution >= 0.6 is 12.4 Å². The molecule has 146 valence electrons. The fraction of sp³-hybridized carbons (Fsp3) is 0.130. The third kappa shape index (κ3) is 4.47. The molecule has 5 nitrogen and oxygen atoms in total. The predicted octanol–water partition coefficient (Wildman–Crippen LogP) is 3.90. The maximum atomic E-state index is 8.86. The van der Waals surface area contributed by atoms with Gasteiger partial charge >= 0.3 is 0 Å². The lowest BCUT2D eigenvalue weighted by Crippen LogP contribution is -2.15. The number of benzene rings is 2. The monoisotopic (exact) mass is 405 g/mol. The average Bonchev–Trinajstić information content (AvgIpc) is 3.16. The van der Waals surface area contributed by atoms with Crippen molar-refractivity contribution in [2.45, 2.75) is 12.5 Å². The largest absolute Gasteiger partial charge is 0.384 e. The summed E-state index contributed by atoms with van der Waals surface area (Å²) in [7, 11) is 0. The molecule has 0 aliphatic carbocycles. The maximum Gasteiger partial charge on any atom is 0.168 e. The molecule has 4 rings (SSSR count). The summed E-state index contributed by atoms with van der Waals surface area (Å²) in [6.45, 7) is -0.179. The smallest absolute Gasteiger partial charge is 0.168 e. The number of aliphatic hydroxyl groups is 1. The van der Waals surface area contributed by atoms with Crippen LogP contribution < -0.4 is 5.73 Å². The third-order valence-electron chi connectivity index (χ3n) is 4.55. The van der Waals surface area contributed by atoms with E-state index in [0.717, 1.165) is 33.5 Å². The van der Waals surface area contributed by atoms with Gasteiger partial charge in [-0.25, -0.2) is 0 Å². The first-order chi connectivity index (χ1) is 13.8. The van der Waals surface area contributed by atoms with Crippen molar-refractivity contribution < 1.29 is 9.63 Å². The summed E-state index contributed by atoms with van der Waals surface area (Å²) in [5, 5.41) is 14.0. The predicted molar refractivity (Wildman–Crippen MR) is 116 cm³/mol. The van der Waals surface area contributed by atoms with Crippen molar-refractivity contribution in [2.75, 3.05) is 6.61 Å². The first-order valence-electron chi connectivity index (χ1n) is 9.00. The highest BCUT2D eigenvalue weighted by Crippen LogP contribution is 2.33. The highest BCUT2D eigenvalue weighted by molar-refractivity contribution is 5.93. The van der Waals surface area contributed by atoms with Crippen LogP contribution in [-0.4, -0.2) is 21.9 Å². The zero-order valence-corrected chi connectivity index (χ0v) is 16.4. The van der Waals surface area contributed by atoms with E-state index < -0.39 is 0 Å². The minimum atomic E-state index is -0.215. The standard InChI is InChI=1S/C23H19N3O2.ClH/c24-21(15-17-7-3-4-12-25-17)18-8-1-2-9-19(18)23-20-11-10-16(6-5-13-27)14-22(20)28-26-23;/h1-4,7-12,14,21,27H,13,15,24H2;1H. The second kappa shape index (κ2) is 9.35. The van der Waals surface area contributed by atoms with Crippen molar-refractivity contribution in [3.05, 3.63) is 83.7 Å². The summed E-state index contributed by atoms with van der Waals surface area (Å²) in [4.78, 5) is 4.38. The van der Waals surface area contributed by atoms with Gasteiger partial charge in [-0.15, -0.1) is 12.4 Å². The summed E-state index contributed by atoms with van der Waals surface area (Å²) < 4.78 is 5.54. The van der Waals surface area contributed by atoms with E-state index in [2.05, 4.69) is 22.0 Å². The van der Waals surface area contributed by atoms with Gasteiger partial charge in [0.05, 0.1) is 0 Å². The molecular formula is C23H20ClN3O2. The Kier molecular flexibility index (Phi) is 6.63.